The maximum Gasteiger partial charge on any atom is 0.303 e. The van der Waals surface area contributed by atoms with Crippen LogP contribution in [-0.2, 0) is 9.59 Å². The molecule has 0 saturated heterocycles. The van der Waals surface area contributed by atoms with Gasteiger partial charge in [0.2, 0.25) is 5.91 Å². The van der Waals surface area contributed by atoms with Gasteiger partial charge in [-0.3, -0.25) is 9.59 Å². The predicted molar refractivity (Wildman–Crippen MR) is 57.4 cm³/mol. The minimum Gasteiger partial charge on any atom is -0.481 e. The van der Waals surface area contributed by atoms with Crippen molar-refractivity contribution >= 4 is 11.9 Å². The monoisotopic (exact) mass is 216 g/mol. The van der Waals surface area contributed by atoms with Crippen LogP contribution in [-0.4, -0.2) is 29.6 Å². The zero-order valence-corrected chi connectivity index (χ0v) is 9.16. The van der Waals surface area contributed by atoms with E-state index in [-0.39, 0.29) is 18.4 Å². The summed E-state index contributed by atoms with van der Waals surface area (Å²) >= 11 is 0. The lowest BCUT2D eigenvalue weighted by Crippen LogP contribution is -2.31. The molecule has 0 aliphatic heterocycles. The molecule has 1 unspecified atom stereocenters. The Bertz CT molecular complexity index is 207. The van der Waals surface area contributed by atoms with E-state index >= 15 is 0 Å². The number of hydrogen-bond acceptors (Lipinski definition) is 3. The zero-order valence-electron chi connectivity index (χ0n) is 9.16. The van der Waals surface area contributed by atoms with Gasteiger partial charge in [-0.2, -0.15) is 0 Å². The van der Waals surface area contributed by atoms with Crippen molar-refractivity contribution < 1.29 is 14.7 Å². The molecule has 0 radical (unpaired) electrons. The first-order valence-electron chi connectivity index (χ1n) is 5.30. The van der Waals surface area contributed by atoms with Gasteiger partial charge in [-0.15, -0.1) is 0 Å². The number of hydrogen-bond donors (Lipinski definition) is 3. The van der Waals surface area contributed by atoms with Crippen LogP contribution in [0.25, 0.3) is 0 Å². The minimum atomic E-state index is -0.797. The van der Waals surface area contributed by atoms with Gasteiger partial charge in [0.1, 0.15) is 0 Å². The highest BCUT2D eigenvalue weighted by molar-refractivity contribution is 5.76. The van der Waals surface area contributed by atoms with Gasteiger partial charge in [-0.25, -0.2) is 0 Å². The van der Waals surface area contributed by atoms with Crippen molar-refractivity contribution in [2.75, 3.05) is 6.54 Å². The van der Waals surface area contributed by atoms with Crippen LogP contribution in [0.15, 0.2) is 0 Å². The van der Waals surface area contributed by atoms with Crippen LogP contribution < -0.4 is 11.1 Å². The third-order valence-corrected chi connectivity index (χ3v) is 2.11. The Kier molecular flexibility index (Phi) is 7.62. The smallest absolute Gasteiger partial charge is 0.303 e. The molecule has 0 aromatic heterocycles. The third kappa shape index (κ3) is 9.21. The van der Waals surface area contributed by atoms with E-state index < -0.39 is 5.97 Å². The standard InChI is InChI=1S/C10H20N2O3/c1-2-8(11)7-9(13)12-6-4-3-5-10(14)15/h8H,2-7,11H2,1H3,(H,12,13)(H,14,15). The van der Waals surface area contributed by atoms with E-state index in [0.29, 0.717) is 25.8 Å². The largest absolute Gasteiger partial charge is 0.481 e. The first-order chi connectivity index (χ1) is 7.06. The number of unbranched alkanes of at least 4 members (excludes halogenated alkanes) is 1. The number of rotatable bonds is 8. The molecule has 5 heteroatoms. The average molecular weight is 216 g/mol. The van der Waals surface area contributed by atoms with E-state index in [1.807, 2.05) is 6.92 Å². The first-order valence-corrected chi connectivity index (χ1v) is 5.30. The predicted octanol–water partition coefficient (Wildman–Crippen LogP) is 0.485. The number of aliphatic carboxylic acids is 1. The molecule has 0 rings (SSSR count). The van der Waals surface area contributed by atoms with Crippen LogP contribution in [0.4, 0.5) is 0 Å². The Morgan fingerprint density at radius 2 is 2.07 bits per heavy atom. The fraction of sp³-hybridized carbons (Fsp3) is 0.800. The molecule has 0 fully saturated rings. The molecule has 15 heavy (non-hydrogen) atoms. The summed E-state index contributed by atoms with van der Waals surface area (Å²) in [6.07, 6.45) is 2.57. The van der Waals surface area contributed by atoms with Gasteiger partial charge >= 0.3 is 5.97 Å². The lowest BCUT2D eigenvalue weighted by molar-refractivity contribution is -0.137. The van der Waals surface area contributed by atoms with Gasteiger partial charge in [0.25, 0.3) is 0 Å². The van der Waals surface area contributed by atoms with Crippen molar-refractivity contribution in [1.29, 1.82) is 0 Å². The highest BCUT2D eigenvalue weighted by Crippen LogP contribution is 1.95. The Hall–Kier alpha value is -1.10. The molecular weight excluding hydrogens is 196 g/mol. The van der Waals surface area contributed by atoms with Gasteiger partial charge in [-0.1, -0.05) is 6.92 Å². The maximum atomic E-state index is 11.2. The van der Waals surface area contributed by atoms with Gasteiger partial charge in [-0.05, 0) is 19.3 Å². The number of carboxylic acids is 1. The number of carbonyl (C=O) groups excluding carboxylic acids is 1. The summed E-state index contributed by atoms with van der Waals surface area (Å²) in [6.45, 7) is 2.47. The summed E-state index contributed by atoms with van der Waals surface area (Å²) < 4.78 is 0. The molecule has 0 aromatic rings. The van der Waals surface area contributed by atoms with Gasteiger partial charge in [0, 0.05) is 25.4 Å². The molecule has 0 spiro atoms. The first kappa shape index (κ1) is 13.9. The lowest BCUT2D eigenvalue weighted by atomic mass is 10.1. The van der Waals surface area contributed by atoms with Crippen LogP contribution in [0.5, 0.6) is 0 Å². The molecule has 0 aliphatic carbocycles. The molecule has 0 aromatic carbocycles. The molecule has 0 bridgehead atoms. The fourth-order valence-electron chi connectivity index (χ4n) is 1.08. The molecule has 0 heterocycles. The van der Waals surface area contributed by atoms with Crippen LogP contribution in [0.2, 0.25) is 0 Å². The quantitative estimate of drug-likeness (QED) is 0.515. The summed E-state index contributed by atoms with van der Waals surface area (Å²) in [5, 5.41) is 11.1. The van der Waals surface area contributed by atoms with E-state index in [2.05, 4.69) is 5.32 Å². The van der Waals surface area contributed by atoms with Crippen LogP contribution in [0.1, 0.15) is 39.0 Å². The van der Waals surface area contributed by atoms with Crippen LogP contribution >= 0.6 is 0 Å². The summed E-state index contributed by atoms with van der Waals surface area (Å²) in [6, 6.07) is -0.0796. The van der Waals surface area contributed by atoms with E-state index in [9.17, 15) is 9.59 Å². The van der Waals surface area contributed by atoms with E-state index in [0.717, 1.165) is 6.42 Å². The van der Waals surface area contributed by atoms with Gasteiger partial charge < -0.3 is 16.2 Å². The average Bonchev–Trinajstić information content (AvgIpc) is 2.16. The second-order valence-corrected chi connectivity index (χ2v) is 3.57. The number of nitrogens with one attached hydrogen (secondary N) is 1. The van der Waals surface area contributed by atoms with E-state index in [1.165, 1.54) is 0 Å². The number of carbonyl (C=O) groups is 2. The Labute approximate surface area is 90.0 Å². The lowest BCUT2D eigenvalue weighted by Gasteiger charge is -2.08. The number of amides is 1. The molecule has 5 nitrogen and oxygen atoms in total. The fourth-order valence-corrected chi connectivity index (χ4v) is 1.08. The molecule has 1 amide bonds. The van der Waals surface area contributed by atoms with Crippen LogP contribution in [0, 0.1) is 0 Å². The summed E-state index contributed by atoms with van der Waals surface area (Å²) in [5.74, 6) is -0.853. The van der Waals surface area contributed by atoms with Gasteiger partial charge in [0.05, 0.1) is 0 Å². The Morgan fingerprint density at radius 1 is 1.40 bits per heavy atom. The topological polar surface area (TPSA) is 92.4 Å². The second-order valence-electron chi connectivity index (χ2n) is 3.57. The zero-order chi connectivity index (χ0) is 11.7. The SMILES string of the molecule is CCC(N)CC(=O)NCCCCC(=O)O. The molecule has 0 aliphatic rings. The normalized spacial score (nSPS) is 12.1. The Morgan fingerprint density at radius 3 is 2.60 bits per heavy atom. The van der Waals surface area contributed by atoms with Crippen LogP contribution in [0.3, 0.4) is 0 Å². The second kappa shape index (κ2) is 8.23. The Balaban J connectivity index is 3.35. The van der Waals surface area contributed by atoms with Crippen molar-refractivity contribution in [3.63, 3.8) is 0 Å². The summed E-state index contributed by atoms with van der Waals surface area (Å²) in [5.41, 5.74) is 5.61. The number of carboxylic acid groups (broad SMARTS) is 1. The van der Waals surface area contributed by atoms with E-state index in [1.54, 1.807) is 0 Å². The third-order valence-electron chi connectivity index (χ3n) is 2.11. The van der Waals surface area contributed by atoms with Crippen molar-refractivity contribution in [2.24, 2.45) is 5.73 Å². The molecule has 4 N–H and O–H groups in total. The molecular formula is C10H20N2O3. The van der Waals surface area contributed by atoms with Crippen molar-refractivity contribution in [3.8, 4) is 0 Å². The molecule has 88 valence electrons. The minimum absolute atomic E-state index is 0.0559. The van der Waals surface area contributed by atoms with Gasteiger partial charge in [0.15, 0.2) is 0 Å². The highest BCUT2D eigenvalue weighted by atomic mass is 16.4. The summed E-state index contributed by atoms with van der Waals surface area (Å²) in [4.78, 5) is 21.4. The number of nitrogens with two attached hydrogens (primary N) is 1. The maximum absolute atomic E-state index is 11.2. The highest BCUT2D eigenvalue weighted by Gasteiger charge is 2.06. The van der Waals surface area contributed by atoms with Crippen molar-refractivity contribution in [1.82, 2.24) is 5.32 Å². The van der Waals surface area contributed by atoms with Crippen molar-refractivity contribution in [3.05, 3.63) is 0 Å². The van der Waals surface area contributed by atoms with E-state index in [4.69, 9.17) is 10.8 Å². The van der Waals surface area contributed by atoms with Crippen molar-refractivity contribution in [2.45, 2.75) is 45.1 Å². The molecule has 1 atom stereocenters. The summed E-state index contributed by atoms with van der Waals surface area (Å²) in [7, 11) is 0. The molecule has 0 saturated carbocycles.